The van der Waals surface area contributed by atoms with E-state index in [-0.39, 0.29) is 0 Å². The highest BCUT2D eigenvalue weighted by Gasteiger charge is 2.34. The minimum absolute atomic E-state index is 0.662. The summed E-state index contributed by atoms with van der Waals surface area (Å²) in [7, 11) is 0. The molecular formula is C13H12N2. The van der Waals surface area contributed by atoms with E-state index in [1.54, 1.807) is 6.20 Å². The molecule has 1 saturated heterocycles. The summed E-state index contributed by atoms with van der Waals surface area (Å²) in [4.78, 5) is 4.17. The SMILES string of the molecule is C#Cc1cncc(C2=C[C@@H]3CN[C@@H]3C2)c1. The number of fused-ring (bicyclic) bond motifs is 1. The first-order valence-electron chi connectivity index (χ1n) is 5.23. The summed E-state index contributed by atoms with van der Waals surface area (Å²) in [6, 6.07) is 2.71. The van der Waals surface area contributed by atoms with Gasteiger partial charge in [-0.25, -0.2) is 0 Å². The summed E-state index contributed by atoms with van der Waals surface area (Å²) in [6.45, 7) is 1.12. The Balaban J connectivity index is 1.93. The molecule has 2 aliphatic rings. The van der Waals surface area contributed by atoms with Crippen molar-refractivity contribution < 1.29 is 0 Å². The average Bonchev–Trinajstić information content (AvgIpc) is 2.55. The summed E-state index contributed by atoms with van der Waals surface area (Å²) < 4.78 is 0. The van der Waals surface area contributed by atoms with Crippen LogP contribution in [0, 0.1) is 18.3 Å². The molecule has 0 radical (unpaired) electrons. The van der Waals surface area contributed by atoms with E-state index in [9.17, 15) is 0 Å². The molecule has 2 nitrogen and oxygen atoms in total. The molecule has 3 rings (SSSR count). The van der Waals surface area contributed by atoms with Crippen molar-refractivity contribution in [2.45, 2.75) is 12.5 Å². The van der Waals surface area contributed by atoms with E-state index < -0.39 is 0 Å². The largest absolute Gasteiger partial charge is 0.312 e. The summed E-state index contributed by atoms with van der Waals surface area (Å²) in [5.74, 6) is 3.35. The van der Waals surface area contributed by atoms with E-state index in [4.69, 9.17) is 6.42 Å². The maximum Gasteiger partial charge on any atom is 0.0432 e. The second-order valence-corrected chi connectivity index (χ2v) is 4.18. The molecule has 1 aliphatic carbocycles. The number of terminal acetylenes is 1. The first-order valence-corrected chi connectivity index (χ1v) is 5.23. The maximum atomic E-state index is 5.36. The van der Waals surface area contributed by atoms with Gasteiger partial charge in [-0.15, -0.1) is 6.42 Å². The first-order chi connectivity index (χ1) is 7.36. The second-order valence-electron chi connectivity index (χ2n) is 4.18. The van der Waals surface area contributed by atoms with Gasteiger partial charge < -0.3 is 5.32 Å². The van der Waals surface area contributed by atoms with Gasteiger partial charge in [-0.05, 0) is 23.6 Å². The van der Waals surface area contributed by atoms with Crippen LogP contribution in [-0.2, 0) is 0 Å². The Morgan fingerprint density at radius 2 is 2.40 bits per heavy atom. The molecule has 0 amide bonds. The number of aromatic nitrogens is 1. The highest BCUT2D eigenvalue weighted by molar-refractivity contribution is 5.69. The van der Waals surface area contributed by atoms with Crippen molar-refractivity contribution in [1.29, 1.82) is 0 Å². The first kappa shape index (κ1) is 8.70. The van der Waals surface area contributed by atoms with Crippen LogP contribution in [0.2, 0.25) is 0 Å². The molecule has 0 bridgehead atoms. The van der Waals surface area contributed by atoms with E-state index in [0.717, 1.165) is 24.4 Å². The Kier molecular flexibility index (Phi) is 1.87. The second kappa shape index (κ2) is 3.22. The lowest BCUT2D eigenvalue weighted by Gasteiger charge is -2.31. The lowest BCUT2D eigenvalue weighted by atomic mass is 9.95. The van der Waals surface area contributed by atoms with Crippen LogP contribution < -0.4 is 5.32 Å². The molecule has 0 saturated carbocycles. The van der Waals surface area contributed by atoms with Gasteiger partial charge in [0.2, 0.25) is 0 Å². The number of pyridine rings is 1. The third kappa shape index (κ3) is 1.36. The number of hydrogen-bond acceptors (Lipinski definition) is 2. The number of rotatable bonds is 1. The van der Waals surface area contributed by atoms with Crippen LogP contribution in [0.1, 0.15) is 17.5 Å². The Hall–Kier alpha value is -1.59. The molecule has 1 aliphatic heterocycles. The van der Waals surface area contributed by atoms with Gasteiger partial charge in [-0.2, -0.15) is 0 Å². The molecule has 15 heavy (non-hydrogen) atoms. The Labute approximate surface area is 89.4 Å². The quantitative estimate of drug-likeness (QED) is 0.687. The van der Waals surface area contributed by atoms with Crippen molar-refractivity contribution in [3.63, 3.8) is 0 Å². The zero-order chi connectivity index (χ0) is 10.3. The molecule has 1 aromatic heterocycles. The van der Waals surface area contributed by atoms with E-state index in [1.807, 2.05) is 12.3 Å². The molecule has 1 N–H and O–H groups in total. The average molecular weight is 196 g/mol. The minimum Gasteiger partial charge on any atom is -0.312 e. The van der Waals surface area contributed by atoms with Crippen LogP contribution >= 0.6 is 0 Å². The van der Waals surface area contributed by atoms with Gasteiger partial charge in [-0.1, -0.05) is 12.0 Å². The molecule has 74 valence electrons. The van der Waals surface area contributed by atoms with Gasteiger partial charge in [0.05, 0.1) is 0 Å². The van der Waals surface area contributed by atoms with E-state index in [2.05, 4.69) is 22.3 Å². The molecule has 1 aromatic rings. The normalized spacial score (nSPS) is 27.5. The summed E-state index contributed by atoms with van der Waals surface area (Å²) in [6.07, 6.45) is 12.5. The summed E-state index contributed by atoms with van der Waals surface area (Å²) in [5.41, 5.74) is 3.43. The van der Waals surface area contributed by atoms with Gasteiger partial charge in [0, 0.05) is 36.5 Å². The molecule has 2 heteroatoms. The molecule has 0 unspecified atom stereocenters. The van der Waals surface area contributed by atoms with Gasteiger partial charge in [0.1, 0.15) is 0 Å². The van der Waals surface area contributed by atoms with Crippen molar-refractivity contribution in [1.82, 2.24) is 10.3 Å². The Morgan fingerprint density at radius 3 is 3.00 bits per heavy atom. The van der Waals surface area contributed by atoms with Crippen LogP contribution in [0.4, 0.5) is 0 Å². The van der Waals surface area contributed by atoms with E-state index in [1.165, 1.54) is 11.1 Å². The lowest BCUT2D eigenvalue weighted by molar-refractivity contribution is 0.306. The molecular weight excluding hydrogens is 184 g/mol. The van der Waals surface area contributed by atoms with E-state index in [0.29, 0.717) is 6.04 Å². The van der Waals surface area contributed by atoms with E-state index >= 15 is 0 Å². The number of nitrogens with one attached hydrogen (secondary N) is 1. The topological polar surface area (TPSA) is 24.9 Å². The van der Waals surface area contributed by atoms with Gasteiger partial charge in [-0.3, -0.25) is 4.98 Å². The highest BCUT2D eigenvalue weighted by atomic mass is 15.0. The third-order valence-corrected chi connectivity index (χ3v) is 3.26. The fourth-order valence-electron chi connectivity index (χ4n) is 2.29. The highest BCUT2D eigenvalue weighted by Crippen LogP contribution is 2.35. The van der Waals surface area contributed by atoms with Gasteiger partial charge >= 0.3 is 0 Å². The van der Waals surface area contributed by atoms with Crippen molar-refractivity contribution in [2.24, 2.45) is 5.92 Å². The molecule has 1 fully saturated rings. The zero-order valence-electron chi connectivity index (χ0n) is 8.40. The smallest absolute Gasteiger partial charge is 0.0432 e. The fourth-order valence-corrected chi connectivity index (χ4v) is 2.29. The minimum atomic E-state index is 0.662. The predicted octanol–water partition coefficient (Wildman–Crippen LogP) is 1.44. The Morgan fingerprint density at radius 1 is 1.47 bits per heavy atom. The maximum absolute atomic E-state index is 5.36. The van der Waals surface area contributed by atoms with Crippen LogP contribution in [0.25, 0.3) is 5.57 Å². The summed E-state index contributed by atoms with van der Waals surface area (Å²) in [5, 5.41) is 3.42. The van der Waals surface area contributed by atoms with Crippen LogP contribution in [0.3, 0.4) is 0 Å². The molecule has 2 atom stereocenters. The number of nitrogens with zero attached hydrogens (tertiary/aromatic N) is 1. The fraction of sp³-hybridized carbons (Fsp3) is 0.308. The van der Waals surface area contributed by atoms with Gasteiger partial charge in [0.25, 0.3) is 0 Å². The van der Waals surface area contributed by atoms with Crippen LogP contribution in [-0.4, -0.2) is 17.6 Å². The van der Waals surface area contributed by atoms with Crippen LogP contribution in [0.15, 0.2) is 24.5 Å². The monoisotopic (exact) mass is 196 g/mol. The molecule has 2 heterocycles. The van der Waals surface area contributed by atoms with Crippen molar-refractivity contribution in [3.05, 3.63) is 35.7 Å². The standard InChI is InChI=1S/C13H12N2/c1-2-9-3-11(7-14-6-9)10-4-12-8-15-13(12)5-10/h1,3-4,6-7,12-13,15H,5,8H2/t12-,13-/m1/s1. The predicted molar refractivity (Wildman–Crippen MR) is 60.0 cm³/mol. The molecule has 0 spiro atoms. The van der Waals surface area contributed by atoms with Crippen molar-refractivity contribution >= 4 is 5.57 Å². The van der Waals surface area contributed by atoms with Gasteiger partial charge in [0.15, 0.2) is 0 Å². The van der Waals surface area contributed by atoms with Crippen molar-refractivity contribution in [3.8, 4) is 12.3 Å². The van der Waals surface area contributed by atoms with Crippen molar-refractivity contribution in [2.75, 3.05) is 6.54 Å². The number of hydrogen-bond donors (Lipinski definition) is 1. The summed E-state index contributed by atoms with van der Waals surface area (Å²) >= 11 is 0. The third-order valence-electron chi connectivity index (χ3n) is 3.26. The zero-order valence-corrected chi connectivity index (χ0v) is 8.40. The lowest BCUT2D eigenvalue weighted by Crippen LogP contribution is -2.49. The molecule has 0 aromatic carbocycles. The Bertz CT molecular complexity index is 468. The van der Waals surface area contributed by atoms with Crippen LogP contribution in [0.5, 0.6) is 0 Å².